The van der Waals surface area contributed by atoms with E-state index >= 15 is 0 Å². The number of thiophene rings is 1. The molecule has 4 rings (SSSR count). The SMILES string of the molecule is CCCOc1ccc(/C(O)=C2/C(=O)C(=O)N(Cc3cccs3)C2c2ccc(O)cc2)cc1. The van der Waals surface area contributed by atoms with Crippen LogP contribution in [0.5, 0.6) is 11.5 Å². The van der Waals surface area contributed by atoms with Gasteiger partial charge in [0.05, 0.1) is 24.8 Å². The molecule has 1 amide bonds. The number of carbonyl (C=O) groups excluding carboxylic acids is 2. The highest BCUT2D eigenvalue weighted by Gasteiger charge is 2.46. The molecule has 1 saturated heterocycles. The van der Waals surface area contributed by atoms with E-state index in [2.05, 4.69) is 0 Å². The number of likely N-dealkylation sites (tertiary alicyclic amines) is 1. The Labute approximate surface area is 190 Å². The van der Waals surface area contributed by atoms with Crippen molar-refractivity contribution in [3.63, 3.8) is 0 Å². The minimum Gasteiger partial charge on any atom is -0.508 e. The van der Waals surface area contributed by atoms with Crippen LogP contribution in [0, 0.1) is 0 Å². The maximum absolute atomic E-state index is 13.0. The third-order valence-corrected chi connectivity index (χ3v) is 6.12. The molecular weight excluding hydrogens is 426 g/mol. The number of ketones is 1. The molecular formula is C25H23NO5S. The highest BCUT2D eigenvalue weighted by molar-refractivity contribution is 7.09. The number of hydrogen-bond donors (Lipinski definition) is 2. The predicted octanol–water partition coefficient (Wildman–Crippen LogP) is 4.86. The molecule has 0 aliphatic carbocycles. The molecule has 0 bridgehead atoms. The van der Waals surface area contributed by atoms with Crippen LogP contribution < -0.4 is 4.74 Å². The summed E-state index contributed by atoms with van der Waals surface area (Å²) >= 11 is 1.49. The lowest BCUT2D eigenvalue weighted by Crippen LogP contribution is -2.28. The first-order valence-corrected chi connectivity index (χ1v) is 11.2. The molecule has 2 heterocycles. The summed E-state index contributed by atoms with van der Waals surface area (Å²) < 4.78 is 5.58. The van der Waals surface area contributed by atoms with Crippen molar-refractivity contribution in [3.8, 4) is 11.5 Å². The van der Waals surface area contributed by atoms with Crippen LogP contribution in [0.3, 0.4) is 0 Å². The molecule has 1 fully saturated rings. The summed E-state index contributed by atoms with van der Waals surface area (Å²) in [5.74, 6) is -0.898. The number of Topliss-reactive ketones (excluding diaryl/α,β-unsaturated/α-hetero) is 1. The maximum atomic E-state index is 13.0. The highest BCUT2D eigenvalue weighted by Crippen LogP contribution is 2.41. The summed E-state index contributed by atoms with van der Waals surface area (Å²) in [5, 5.41) is 22.7. The quantitative estimate of drug-likeness (QED) is 0.305. The number of carbonyl (C=O) groups is 2. The molecule has 32 heavy (non-hydrogen) atoms. The minimum absolute atomic E-state index is 0.0273. The van der Waals surface area contributed by atoms with Gasteiger partial charge in [-0.15, -0.1) is 11.3 Å². The Kier molecular flexibility index (Phi) is 6.28. The molecule has 2 aromatic carbocycles. The first-order valence-electron chi connectivity index (χ1n) is 10.3. The zero-order chi connectivity index (χ0) is 22.7. The lowest BCUT2D eigenvalue weighted by Gasteiger charge is -2.25. The van der Waals surface area contributed by atoms with Gasteiger partial charge in [-0.1, -0.05) is 25.1 Å². The summed E-state index contributed by atoms with van der Waals surface area (Å²) in [4.78, 5) is 28.4. The van der Waals surface area contributed by atoms with Gasteiger partial charge in [-0.2, -0.15) is 0 Å². The Morgan fingerprint density at radius 2 is 1.78 bits per heavy atom. The fraction of sp³-hybridized carbons (Fsp3) is 0.200. The Morgan fingerprint density at radius 1 is 1.06 bits per heavy atom. The molecule has 1 unspecified atom stereocenters. The Balaban J connectivity index is 1.77. The van der Waals surface area contributed by atoms with Gasteiger partial charge in [0, 0.05) is 10.4 Å². The van der Waals surface area contributed by atoms with Gasteiger partial charge in [-0.25, -0.2) is 0 Å². The summed E-state index contributed by atoms with van der Waals surface area (Å²) in [5.41, 5.74) is 1.08. The molecule has 0 radical (unpaired) electrons. The monoisotopic (exact) mass is 449 g/mol. The molecule has 1 atom stereocenters. The number of nitrogens with zero attached hydrogens (tertiary/aromatic N) is 1. The summed E-state index contributed by atoms with van der Waals surface area (Å²) in [6.07, 6.45) is 0.877. The second-order valence-corrected chi connectivity index (χ2v) is 8.50. The second-order valence-electron chi connectivity index (χ2n) is 7.47. The molecule has 0 saturated carbocycles. The van der Waals surface area contributed by atoms with E-state index in [-0.39, 0.29) is 23.6 Å². The Morgan fingerprint density at radius 3 is 2.41 bits per heavy atom. The van der Waals surface area contributed by atoms with Gasteiger partial charge in [0.15, 0.2) is 0 Å². The Bertz CT molecular complexity index is 1130. The maximum Gasteiger partial charge on any atom is 0.295 e. The number of aromatic hydroxyl groups is 1. The van der Waals surface area contributed by atoms with E-state index in [1.54, 1.807) is 36.4 Å². The fourth-order valence-corrected chi connectivity index (χ4v) is 4.40. The van der Waals surface area contributed by atoms with Gasteiger partial charge >= 0.3 is 0 Å². The smallest absolute Gasteiger partial charge is 0.295 e. The van der Waals surface area contributed by atoms with Crippen molar-refractivity contribution in [2.24, 2.45) is 0 Å². The van der Waals surface area contributed by atoms with Gasteiger partial charge in [-0.05, 0) is 59.8 Å². The number of phenols is 1. The molecule has 1 aromatic heterocycles. The van der Waals surface area contributed by atoms with Crippen molar-refractivity contribution in [2.45, 2.75) is 25.9 Å². The number of aliphatic hydroxyl groups is 1. The zero-order valence-corrected chi connectivity index (χ0v) is 18.3. The minimum atomic E-state index is -0.770. The van der Waals surface area contributed by atoms with Gasteiger partial charge in [0.1, 0.15) is 17.3 Å². The normalized spacial score (nSPS) is 17.7. The summed E-state index contributed by atoms with van der Waals surface area (Å²) in [6, 6.07) is 16.1. The van der Waals surface area contributed by atoms with Crippen molar-refractivity contribution >= 4 is 28.8 Å². The van der Waals surface area contributed by atoms with Crippen LogP contribution in [-0.2, 0) is 16.1 Å². The Hall–Kier alpha value is -3.58. The van der Waals surface area contributed by atoms with Crippen LogP contribution in [0.4, 0.5) is 0 Å². The molecule has 2 N–H and O–H groups in total. The number of rotatable bonds is 7. The number of phenolic OH excluding ortho intramolecular Hbond substituents is 1. The third-order valence-electron chi connectivity index (χ3n) is 5.26. The summed E-state index contributed by atoms with van der Waals surface area (Å²) in [7, 11) is 0. The third kappa shape index (κ3) is 4.24. The van der Waals surface area contributed by atoms with Crippen molar-refractivity contribution in [1.29, 1.82) is 0 Å². The lowest BCUT2D eigenvalue weighted by atomic mass is 9.95. The van der Waals surface area contributed by atoms with E-state index in [1.165, 1.54) is 28.4 Å². The number of amides is 1. The van der Waals surface area contributed by atoms with E-state index in [0.717, 1.165) is 11.3 Å². The molecule has 0 spiro atoms. The van der Waals surface area contributed by atoms with Crippen molar-refractivity contribution in [2.75, 3.05) is 6.61 Å². The molecule has 7 heteroatoms. The molecule has 3 aromatic rings. The lowest BCUT2D eigenvalue weighted by molar-refractivity contribution is -0.140. The van der Waals surface area contributed by atoms with Gasteiger partial charge < -0.3 is 19.8 Å². The van der Waals surface area contributed by atoms with E-state index in [0.29, 0.717) is 23.5 Å². The van der Waals surface area contributed by atoms with E-state index in [1.807, 2.05) is 24.4 Å². The van der Waals surface area contributed by atoms with Crippen molar-refractivity contribution < 1.29 is 24.5 Å². The zero-order valence-electron chi connectivity index (χ0n) is 17.5. The van der Waals surface area contributed by atoms with Crippen molar-refractivity contribution in [3.05, 3.63) is 87.6 Å². The highest BCUT2D eigenvalue weighted by atomic mass is 32.1. The average Bonchev–Trinajstić information content (AvgIpc) is 3.41. The molecule has 6 nitrogen and oxygen atoms in total. The molecule has 164 valence electrons. The van der Waals surface area contributed by atoms with Crippen LogP contribution in [0.25, 0.3) is 5.76 Å². The number of aliphatic hydroxyl groups excluding tert-OH is 1. The van der Waals surface area contributed by atoms with Crippen LogP contribution in [0.1, 0.15) is 35.4 Å². The topological polar surface area (TPSA) is 87.1 Å². The standard InChI is InChI=1S/C25H23NO5S/c1-2-13-31-19-11-7-17(8-12-19)23(28)21-22(16-5-9-18(27)10-6-16)26(25(30)24(21)29)15-20-4-3-14-32-20/h3-12,14,22,27-28H,2,13,15H2,1H3/b23-21-. The van der Waals surface area contributed by atoms with Gasteiger partial charge in [0.25, 0.3) is 11.7 Å². The average molecular weight is 450 g/mol. The first kappa shape index (κ1) is 21.6. The van der Waals surface area contributed by atoms with E-state index < -0.39 is 17.7 Å². The van der Waals surface area contributed by atoms with Crippen LogP contribution in [-0.4, -0.2) is 33.4 Å². The largest absolute Gasteiger partial charge is 0.508 e. The van der Waals surface area contributed by atoms with Gasteiger partial charge in [-0.3, -0.25) is 9.59 Å². The summed E-state index contributed by atoms with van der Waals surface area (Å²) in [6.45, 7) is 2.84. The van der Waals surface area contributed by atoms with Crippen LogP contribution >= 0.6 is 11.3 Å². The molecule has 1 aliphatic heterocycles. The fourth-order valence-electron chi connectivity index (χ4n) is 3.70. The van der Waals surface area contributed by atoms with Crippen molar-refractivity contribution in [1.82, 2.24) is 4.90 Å². The van der Waals surface area contributed by atoms with E-state index in [9.17, 15) is 19.8 Å². The number of hydrogen-bond acceptors (Lipinski definition) is 6. The predicted molar refractivity (Wildman–Crippen MR) is 123 cm³/mol. The number of ether oxygens (including phenoxy) is 1. The second kappa shape index (κ2) is 9.28. The number of benzene rings is 2. The van der Waals surface area contributed by atoms with Crippen LogP contribution in [0.2, 0.25) is 0 Å². The molecule has 1 aliphatic rings. The van der Waals surface area contributed by atoms with Crippen LogP contribution in [0.15, 0.2) is 71.6 Å². The van der Waals surface area contributed by atoms with E-state index in [4.69, 9.17) is 4.74 Å². The van der Waals surface area contributed by atoms with Gasteiger partial charge in [0.2, 0.25) is 0 Å². The first-order chi connectivity index (χ1) is 15.5.